The molecule has 29 heavy (non-hydrogen) atoms. The van der Waals surface area contributed by atoms with Gasteiger partial charge in [-0.1, -0.05) is 36.9 Å². The first kappa shape index (κ1) is 19.4. The second kappa shape index (κ2) is 8.21. The highest BCUT2D eigenvalue weighted by Gasteiger charge is 2.26. The van der Waals surface area contributed by atoms with Gasteiger partial charge in [0.25, 0.3) is 6.43 Å². The van der Waals surface area contributed by atoms with Gasteiger partial charge in [-0.05, 0) is 18.2 Å². The van der Waals surface area contributed by atoms with E-state index in [0.717, 1.165) is 24.5 Å². The van der Waals surface area contributed by atoms with Gasteiger partial charge in [-0.2, -0.15) is 10.2 Å². The normalized spacial score (nSPS) is 16.4. The summed E-state index contributed by atoms with van der Waals surface area (Å²) in [5, 5.41) is 10.5. The van der Waals surface area contributed by atoms with Crippen LogP contribution in [0, 0.1) is 11.7 Å². The quantitative estimate of drug-likeness (QED) is 0.752. The number of rotatable bonds is 7. The molecule has 0 saturated carbocycles. The van der Waals surface area contributed by atoms with Crippen molar-refractivity contribution >= 4 is 17.1 Å². The van der Waals surface area contributed by atoms with Gasteiger partial charge in [-0.15, -0.1) is 0 Å². The van der Waals surface area contributed by atoms with Gasteiger partial charge in [0.05, 0.1) is 12.3 Å². The fourth-order valence-corrected chi connectivity index (χ4v) is 3.38. The Morgan fingerprint density at radius 2 is 1.90 bits per heavy atom. The topological polar surface area (TPSA) is 40.0 Å². The molecule has 0 amide bonds. The molecule has 0 aromatic heterocycles. The van der Waals surface area contributed by atoms with E-state index in [9.17, 15) is 13.2 Å². The molecule has 0 atom stereocenters. The Morgan fingerprint density at radius 1 is 1.14 bits per heavy atom. The molecule has 0 aliphatic carbocycles. The highest BCUT2D eigenvalue weighted by atomic mass is 19.3. The van der Waals surface area contributed by atoms with E-state index in [-0.39, 0.29) is 12.1 Å². The molecule has 1 N–H and O–H groups in total. The molecule has 1 fully saturated rings. The molecule has 150 valence electrons. The second-order valence-corrected chi connectivity index (χ2v) is 7.19. The number of hydrogen-bond donors (Lipinski definition) is 1. The second-order valence-electron chi connectivity index (χ2n) is 7.19. The molecule has 1 saturated heterocycles. The van der Waals surface area contributed by atoms with Crippen LogP contribution < -0.4 is 10.2 Å². The monoisotopic (exact) mass is 398 g/mol. The van der Waals surface area contributed by atoms with Crippen LogP contribution in [0.2, 0.25) is 0 Å². The third-order valence-electron chi connectivity index (χ3n) is 5.28. The van der Waals surface area contributed by atoms with Crippen molar-refractivity contribution in [3.05, 3.63) is 77.8 Å². The lowest BCUT2D eigenvalue weighted by Gasteiger charge is -2.37. The summed E-state index contributed by atoms with van der Waals surface area (Å²) < 4.78 is 40.4. The van der Waals surface area contributed by atoms with Crippen LogP contribution in [0.4, 0.5) is 18.9 Å². The lowest BCUT2D eigenvalue weighted by atomic mass is 9.97. The summed E-state index contributed by atoms with van der Waals surface area (Å²) in [4.78, 5) is 2.02. The van der Waals surface area contributed by atoms with E-state index in [0.29, 0.717) is 29.3 Å². The van der Waals surface area contributed by atoms with E-state index < -0.39 is 12.2 Å². The Kier molecular flexibility index (Phi) is 5.49. The predicted molar refractivity (Wildman–Crippen MR) is 109 cm³/mol. The molecule has 0 unspecified atom stereocenters. The zero-order valence-corrected chi connectivity index (χ0v) is 15.8. The molecule has 7 heteroatoms. The average molecular weight is 398 g/mol. The Balaban J connectivity index is 1.55. The highest BCUT2D eigenvalue weighted by molar-refractivity contribution is 6.15. The predicted octanol–water partition coefficient (Wildman–Crippen LogP) is 4.38. The van der Waals surface area contributed by atoms with Gasteiger partial charge in [0.1, 0.15) is 11.5 Å². The molecular weight excluding hydrogens is 377 g/mol. The van der Waals surface area contributed by atoms with E-state index >= 15 is 0 Å². The molecule has 2 heterocycles. The van der Waals surface area contributed by atoms with Crippen molar-refractivity contribution in [3.63, 3.8) is 0 Å². The van der Waals surface area contributed by atoms with Crippen LogP contribution in [0.3, 0.4) is 0 Å². The zero-order valence-electron chi connectivity index (χ0n) is 15.8. The lowest BCUT2D eigenvalue weighted by molar-refractivity contribution is 0.224. The van der Waals surface area contributed by atoms with Crippen molar-refractivity contribution in [2.24, 2.45) is 16.1 Å². The summed E-state index contributed by atoms with van der Waals surface area (Å²) in [6, 6.07) is 14.5. The van der Waals surface area contributed by atoms with Crippen LogP contribution in [-0.2, 0) is 6.54 Å². The maximum Gasteiger partial charge on any atom is 0.278 e. The van der Waals surface area contributed by atoms with Crippen LogP contribution in [0.5, 0.6) is 0 Å². The first-order valence-corrected chi connectivity index (χ1v) is 9.45. The van der Waals surface area contributed by atoms with E-state index in [1.165, 1.54) is 6.07 Å². The number of nitrogens with one attached hydrogen (secondary N) is 1. The SMILES string of the molecule is C=C(C1CNC1)N(Cc1ccc(C2=NN=C(C(F)F)C2)cc1F)c1ccccc1. The van der Waals surface area contributed by atoms with Crippen molar-refractivity contribution in [2.45, 2.75) is 19.4 Å². The summed E-state index contributed by atoms with van der Waals surface area (Å²) >= 11 is 0. The third-order valence-corrected chi connectivity index (χ3v) is 5.28. The fourth-order valence-electron chi connectivity index (χ4n) is 3.38. The summed E-state index contributed by atoms with van der Waals surface area (Å²) in [6.45, 7) is 6.29. The van der Waals surface area contributed by atoms with Gasteiger partial charge in [0.15, 0.2) is 0 Å². The van der Waals surface area contributed by atoms with E-state index in [1.54, 1.807) is 12.1 Å². The maximum atomic E-state index is 14.9. The van der Waals surface area contributed by atoms with Gasteiger partial charge < -0.3 is 10.2 Å². The molecule has 0 bridgehead atoms. The van der Waals surface area contributed by atoms with Crippen LogP contribution in [0.25, 0.3) is 0 Å². The molecule has 4 rings (SSSR count). The highest BCUT2D eigenvalue weighted by Crippen LogP contribution is 2.28. The van der Waals surface area contributed by atoms with Crippen molar-refractivity contribution in [1.29, 1.82) is 0 Å². The Hall–Kier alpha value is -2.93. The molecule has 0 radical (unpaired) electrons. The van der Waals surface area contributed by atoms with Gasteiger partial charge >= 0.3 is 0 Å². The number of anilines is 1. The lowest BCUT2D eigenvalue weighted by Crippen LogP contribution is -2.46. The number of halogens is 3. The molecule has 2 aromatic rings. The third kappa shape index (κ3) is 4.10. The van der Waals surface area contributed by atoms with Crippen LogP contribution in [0.15, 0.2) is 71.0 Å². The number of benzene rings is 2. The van der Waals surface area contributed by atoms with E-state index in [4.69, 9.17) is 0 Å². The van der Waals surface area contributed by atoms with Crippen molar-refractivity contribution in [2.75, 3.05) is 18.0 Å². The Morgan fingerprint density at radius 3 is 2.48 bits per heavy atom. The largest absolute Gasteiger partial charge is 0.341 e. The number of hydrogen-bond acceptors (Lipinski definition) is 4. The fraction of sp³-hybridized carbons (Fsp3) is 0.273. The smallest absolute Gasteiger partial charge is 0.278 e. The van der Waals surface area contributed by atoms with Gasteiger partial charge in [-0.25, -0.2) is 13.2 Å². The van der Waals surface area contributed by atoms with Crippen LogP contribution in [0.1, 0.15) is 17.5 Å². The van der Waals surface area contributed by atoms with Gasteiger partial charge in [-0.3, -0.25) is 0 Å². The Bertz CT molecular complexity index is 965. The van der Waals surface area contributed by atoms with Crippen molar-refractivity contribution in [1.82, 2.24) is 5.32 Å². The number of para-hydroxylation sites is 1. The average Bonchev–Trinajstić information content (AvgIpc) is 3.17. The number of alkyl halides is 2. The number of nitrogens with zero attached hydrogens (tertiary/aromatic N) is 3. The molecule has 4 nitrogen and oxygen atoms in total. The first-order valence-electron chi connectivity index (χ1n) is 9.45. The standard InChI is InChI=1S/C22H21F3N4/c1-14(17-11-26-12-17)29(18-5-3-2-4-6-18)13-16-8-7-15(9-19(16)23)20-10-21(22(24)25)28-27-20/h2-9,17,22,26H,1,10-13H2. The summed E-state index contributed by atoms with van der Waals surface area (Å²) in [5.41, 5.74) is 2.93. The minimum absolute atomic E-state index is 0.0575. The van der Waals surface area contributed by atoms with Crippen LogP contribution >= 0.6 is 0 Å². The minimum atomic E-state index is -2.65. The van der Waals surface area contributed by atoms with Gasteiger partial charge in [0, 0.05) is 47.9 Å². The molecule has 2 aliphatic rings. The molecular formula is C22H21F3N4. The summed E-state index contributed by atoms with van der Waals surface area (Å²) in [7, 11) is 0. The summed E-state index contributed by atoms with van der Waals surface area (Å²) in [6.07, 6.45) is -2.70. The Labute approximate surface area is 167 Å². The van der Waals surface area contributed by atoms with Gasteiger partial charge in [0.2, 0.25) is 0 Å². The zero-order chi connectivity index (χ0) is 20.4. The summed E-state index contributed by atoms with van der Waals surface area (Å²) in [5.74, 6) is -0.0912. The molecule has 2 aliphatic heterocycles. The van der Waals surface area contributed by atoms with Crippen LogP contribution in [-0.4, -0.2) is 30.9 Å². The van der Waals surface area contributed by atoms with Crippen molar-refractivity contribution < 1.29 is 13.2 Å². The maximum absolute atomic E-state index is 14.9. The first-order chi connectivity index (χ1) is 14.0. The molecule has 2 aromatic carbocycles. The van der Waals surface area contributed by atoms with Crippen molar-refractivity contribution in [3.8, 4) is 0 Å². The van der Waals surface area contributed by atoms with E-state index in [1.807, 2.05) is 35.2 Å². The minimum Gasteiger partial charge on any atom is -0.341 e. The van der Waals surface area contributed by atoms with E-state index in [2.05, 4.69) is 22.1 Å². The molecule has 0 spiro atoms.